The zero-order valence-corrected chi connectivity index (χ0v) is 11.9. The van der Waals surface area contributed by atoms with Gasteiger partial charge in [0.05, 0.1) is 17.3 Å². The van der Waals surface area contributed by atoms with Gasteiger partial charge in [-0.25, -0.2) is 0 Å². The van der Waals surface area contributed by atoms with E-state index in [1.807, 2.05) is 37.3 Å². The molecule has 0 aliphatic rings. The molecule has 98 valence electrons. The molecule has 0 amide bonds. The summed E-state index contributed by atoms with van der Waals surface area (Å²) in [5.41, 5.74) is 1.68. The normalized spacial score (nSPS) is 10.9. The van der Waals surface area contributed by atoms with Gasteiger partial charge in [0.25, 0.3) is 0 Å². The topological polar surface area (TPSA) is 21.6 Å². The van der Waals surface area contributed by atoms with Crippen molar-refractivity contribution in [1.82, 2.24) is 0 Å². The molecule has 0 saturated heterocycles. The monoisotopic (exact) mass is 293 g/mol. The molecule has 0 unspecified atom stereocenters. The van der Waals surface area contributed by atoms with Gasteiger partial charge in [0.15, 0.2) is 0 Å². The largest absolute Gasteiger partial charge is 0.494 e. The summed E-state index contributed by atoms with van der Waals surface area (Å²) in [6.07, 6.45) is 1.72. The molecule has 0 aliphatic carbocycles. The maximum Gasteiger partial charge on any atom is 0.119 e. The summed E-state index contributed by atoms with van der Waals surface area (Å²) in [5, 5.41) is 1.20. The van der Waals surface area contributed by atoms with Crippen LogP contribution in [0.1, 0.15) is 12.5 Å². The van der Waals surface area contributed by atoms with Gasteiger partial charge in [-0.15, -0.1) is 0 Å². The quantitative estimate of drug-likeness (QED) is 0.715. The van der Waals surface area contributed by atoms with Crippen LogP contribution in [0.5, 0.6) is 5.75 Å². The summed E-state index contributed by atoms with van der Waals surface area (Å²) in [4.78, 5) is 4.36. The molecule has 0 bridgehead atoms. The van der Waals surface area contributed by atoms with Gasteiger partial charge in [0, 0.05) is 16.8 Å². The lowest BCUT2D eigenvalue weighted by atomic mass is 10.2. The molecular weight excluding hydrogens is 281 g/mol. The van der Waals surface area contributed by atoms with E-state index in [1.165, 1.54) is 0 Å². The molecule has 0 N–H and O–H groups in total. The van der Waals surface area contributed by atoms with Gasteiger partial charge in [-0.3, -0.25) is 4.99 Å². The summed E-state index contributed by atoms with van der Waals surface area (Å²) in [6, 6.07) is 12.9. The van der Waals surface area contributed by atoms with E-state index in [0.29, 0.717) is 16.7 Å². The van der Waals surface area contributed by atoms with Crippen LogP contribution in [0.3, 0.4) is 0 Å². The summed E-state index contributed by atoms with van der Waals surface area (Å²) >= 11 is 11.9. The number of ether oxygens (including phenoxy) is 1. The van der Waals surface area contributed by atoms with E-state index in [9.17, 15) is 0 Å². The van der Waals surface area contributed by atoms with E-state index in [2.05, 4.69) is 4.99 Å². The smallest absolute Gasteiger partial charge is 0.119 e. The number of rotatable bonds is 4. The minimum Gasteiger partial charge on any atom is -0.494 e. The molecular formula is C15H13Cl2NO. The predicted molar refractivity (Wildman–Crippen MR) is 81.3 cm³/mol. The van der Waals surface area contributed by atoms with E-state index < -0.39 is 0 Å². The van der Waals surface area contributed by atoms with E-state index in [4.69, 9.17) is 27.9 Å². The van der Waals surface area contributed by atoms with Crippen LogP contribution >= 0.6 is 23.2 Å². The van der Waals surface area contributed by atoms with Crippen molar-refractivity contribution in [2.24, 2.45) is 4.99 Å². The molecule has 0 fully saturated rings. The van der Waals surface area contributed by atoms with Crippen molar-refractivity contribution in [3.8, 4) is 5.75 Å². The van der Waals surface area contributed by atoms with Crippen molar-refractivity contribution in [2.75, 3.05) is 6.61 Å². The third kappa shape index (κ3) is 3.98. The van der Waals surface area contributed by atoms with E-state index in [-0.39, 0.29) is 0 Å². The van der Waals surface area contributed by atoms with Crippen LogP contribution in [0.2, 0.25) is 10.0 Å². The zero-order valence-electron chi connectivity index (χ0n) is 10.4. The third-order valence-electron chi connectivity index (χ3n) is 2.46. The Kier molecular flexibility index (Phi) is 4.83. The fourth-order valence-electron chi connectivity index (χ4n) is 1.55. The Balaban J connectivity index is 2.13. The summed E-state index contributed by atoms with van der Waals surface area (Å²) in [6.45, 7) is 2.61. The van der Waals surface area contributed by atoms with Gasteiger partial charge in [-0.05, 0) is 43.3 Å². The van der Waals surface area contributed by atoms with Crippen molar-refractivity contribution in [3.05, 3.63) is 58.1 Å². The van der Waals surface area contributed by atoms with Gasteiger partial charge in [0.2, 0.25) is 0 Å². The molecule has 2 aromatic carbocycles. The molecule has 2 rings (SSSR count). The standard InChI is InChI=1S/C15H13Cl2NO/c1-2-19-14-7-5-13(6-8-14)18-10-11-3-4-12(16)9-15(11)17/h3-10H,2H2,1H3. The zero-order chi connectivity index (χ0) is 13.7. The van der Waals surface area contributed by atoms with Crippen molar-refractivity contribution < 1.29 is 4.74 Å². The van der Waals surface area contributed by atoms with Crippen molar-refractivity contribution in [2.45, 2.75) is 6.92 Å². The number of benzene rings is 2. The Morgan fingerprint density at radius 2 is 1.84 bits per heavy atom. The molecule has 0 atom stereocenters. The third-order valence-corrected chi connectivity index (χ3v) is 3.03. The summed E-state index contributed by atoms with van der Waals surface area (Å²) < 4.78 is 5.37. The van der Waals surface area contributed by atoms with Crippen LogP contribution < -0.4 is 4.74 Å². The Hall–Kier alpha value is -1.51. The van der Waals surface area contributed by atoms with Gasteiger partial charge < -0.3 is 4.74 Å². The molecule has 0 spiro atoms. The average molecular weight is 294 g/mol. The molecule has 0 aliphatic heterocycles. The maximum atomic E-state index is 6.07. The first-order valence-electron chi connectivity index (χ1n) is 5.91. The molecule has 4 heteroatoms. The number of nitrogens with zero attached hydrogens (tertiary/aromatic N) is 1. The Morgan fingerprint density at radius 1 is 1.11 bits per heavy atom. The first-order chi connectivity index (χ1) is 9.19. The average Bonchev–Trinajstić information content (AvgIpc) is 2.40. The number of hydrogen-bond donors (Lipinski definition) is 0. The summed E-state index contributed by atoms with van der Waals surface area (Å²) in [5.74, 6) is 0.839. The van der Waals surface area contributed by atoms with E-state index in [0.717, 1.165) is 17.0 Å². The van der Waals surface area contributed by atoms with Crippen LogP contribution in [-0.2, 0) is 0 Å². The highest BCUT2D eigenvalue weighted by atomic mass is 35.5. The lowest BCUT2D eigenvalue weighted by Crippen LogP contribution is -1.89. The van der Waals surface area contributed by atoms with Gasteiger partial charge in [0.1, 0.15) is 5.75 Å². The van der Waals surface area contributed by atoms with Crippen LogP contribution in [-0.4, -0.2) is 12.8 Å². The van der Waals surface area contributed by atoms with Crippen LogP contribution in [0.25, 0.3) is 0 Å². The highest BCUT2D eigenvalue weighted by Gasteiger charge is 1.98. The van der Waals surface area contributed by atoms with Crippen LogP contribution in [0.4, 0.5) is 5.69 Å². The lowest BCUT2D eigenvalue weighted by molar-refractivity contribution is 0.340. The first kappa shape index (κ1) is 13.9. The van der Waals surface area contributed by atoms with Crippen molar-refractivity contribution >= 4 is 35.1 Å². The number of hydrogen-bond acceptors (Lipinski definition) is 2. The van der Waals surface area contributed by atoms with E-state index in [1.54, 1.807) is 18.3 Å². The first-order valence-corrected chi connectivity index (χ1v) is 6.66. The SMILES string of the molecule is CCOc1ccc(N=Cc2ccc(Cl)cc2Cl)cc1. The molecule has 0 saturated carbocycles. The minimum absolute atomic E-state index is 0.585. The molecule has 0 aromatic heterocycles. The second kappa shape index (κ2) is 6.60. The predicted octanol–water partition coefficient (Wildman–Crippen LogP) is 5.14. The van der Waals surface area contributed by atoms with Crippen molar-refractivity contribution in [1.29, 1.82) is 0 Å². The molecule has 2 aromatic rings. The Labute approximate surface area is 122 Å². The highest BCUT2D eigenvalue weighted by Crippen LogP contribution is 2.21. The van der Waals surface area contributed by atoms with Crippen molar-refractivity contribution in [3.63, 3.8) is 0 Å². The minimum atomic E-state index is 0.585. The van der Waals surface area contributed by atoms with Crippen LogP contribution in [0, 0.1) is 0 Å². The number of aliphatic imine (C=N–C) groups is 1. The second-order valence-corrected chi connectivity index (χ2v) is 4.69. The number of halogens is 2. The van der Waals surface area contributed by atoms with Gasteiger partial charge in [-0.2, -0.15) is 0 Å². The van der Waals surface area contributed by atoms with E-state index >= 15 is 0 Å². The highest BCUT2D eigenvalue weighted by molar-refractivity contribution is 6.36. The maximum absolute atomic E-state index is 6.07. The fraction of sp³-hybridized carbons (Fsp3) is 0.133. The fourth-order valence-corrected chi connectivity index (χ4v) is 2.00. The molecule has 0 heterocycles. The Bertz CT molecular complexity index is 579. The molecule has 0 radical (unpaired) electrons. The molecule has 19 heavy (non-hydrogen) atoms. The Morgan fingerprint density at radius 3 is 2.47 bits per heavy atom. The van der Waals surface area contributed by atoms with Gasteiger partial charge in [-0.1, -0.05) is 29.3 Å². The summed E-state index contributed by atoms with van der Waals surface area (Å²) in [7, 11) is 0. The second-order valence-electron chi connectivity index (χ2n) is 3.85. The van der Waals surface area contributed by atoms with Gasteiger partial charge >= 0.3 is 0 Å². The van der Waals surface area contributed by atoms with Crippen LogP contribution in [0.15, 0.2) is 47.5 Å². The lowest BCUT2D eigenvalue weighted by Gasteiger charge is -2.02. The molecule has 2 nitrogen and oxygen atoms in total.